The van der Waals surface area contributed by atoms with Crippen LogP contribution in [0.15, 0.2) is 24.3 Å². The summed E-state index contributed by atoms with van der Waals surface area (Å²) in [5.41, 5.74) is 2.13. The third-order valence-corrected chi connectivity index (χ3v) is 4.03. The maximum Gasteiger partial charge on any atom is 0.147 e. The molecular formula is C15H24O3S. The third kappa shape index (κ3) is 6.73. The van der Waals surface area contributed by atoms with Gasteiger partial charge in [0.2, 0.25) is 0 Å². The van der Waals surface area contributed by atoms with Gasteiger partial charge in [0.05, 0.1) is 6.10 Å². The largest absolute Gasteiger partial charge is 0.388 e. The fourth-order valence-corrected chi connectivity index (χ4v) is 2.74. The number of rotatable bonds is 7. The molecule has 0 aliphatic carbocycles. The van der Waals surface area contributed by atoms with Crippen LogP contribution in [0.2, 0.25) is 0 Å². The van der Waals surface area contributed by atoms with Crippen molar-refractivity contribution < 1.29 is 13.5 Å². The van der Waals surface area contributed by atoms with Gasteiger partial charge in [-0.2, -0.15) is 0 Å². The zero-order valence-electron chi connectivity index (χ0n) is 12.0. The van der Waals surface area contributed by atoms with Crippen LogP contribution in [-0.2, 0) is 16.3 Å². The minimum atomic E-state index is -2.93. The zero-order chi connectivity index (χ0) is 14.5. The molecule has 0 aliphatic heterocycles. The van der Waals surface area contributed by atoms with Gasteiger partial charge in [-0.25, -0.2) is 8.42 Å². The van der Waals surface area contributed by atoms with E-state index in [4.69, 9.17) is 0 Å². The molecule has 0 bridgehead atoms. The molecule has 0 spiro atoms. The van der Waals surface area contributed by atoms with E-state index in [0.29, 0.717) is 18.8 Å². The van der Waals surface area contributed by atoms with E-state index in [1.165, 1.54) is 11.8 Å². The van der Waals surface area contributed by atoms with Gasteiger partial charge < -0.3 is 5.11 Å². The average molecular weight is 284 g/mol. The van der Waals surface area contributed by atoms with Crippen molar-refractivity contribution in [1.29, 1.82) is 0 Å². The van der Waals surface area contributed by atoms with E-state index >= 15 is 0 Å². The summed E-state index contributed by atoms with van der Waals surface area (Å²) in [6, 6.07) is 7.94. The Kier molecular flexibility index (Phi) is 6.01. The first-order chi connectivity index (χ1) is 8.78. The van der Waals surface area contributed by atoms with Crippen LogP contribution in [0.25, 0.3) is 0 Å². The Balaban J connectivity index is 2.51. The molecule has 19 heavy (non-hydrogen) atoms. The number of hydrogen-bond acceptors (Lipinski definition) is 3. The van der Waals surface area contributed by atoms with E-state index in [1.807, 2.05) is 24.3 Å². The van der Waals surface area contributed by atoms with Crippen LogP contribution < -0.4 is 0 Å². The summed E-state index contributed by atoms with van der Waals surface area (Å²) >= 11 is 0. The molecule has 4 heteroatoms. The minimum absolute atomic E-state index is 0.134. The Bertz CT molecular complexity index is 475. The molecule has 0 radical (unpaired) electrons. The standard InChI is InChI=1S/C15H24O3S/c1-12(2)11-13-6-8-14(9-7-13)15(16)5-4-10-19(3,17)18/h6-9,12,15-16H,4-5,10-11H2,1-3H3. The van der Waals surface area contributed by atoms with Gasteiger partial charge in [-0.05, 0) is 36.3 Å². The van der Waals surface area contributed by atoms with Gasteiger partial charge in [0.1, 0.15) is 9.84 Å². The van der Waals surface area contributed by atoms with Gasteiger partial charge in [0, 0.05) is 12.0 Å². The number of sulfone groups is 1. The average Bonchev–Trinajstić information content (AvgIpc) is 2.27. The summed E-state index contributed by atoms with van der Waals surface area (Å²) in [5.74, 6) is 0.751. The smallest absolute Gasteiger partial charge is 0.147 e. The highest BCUT2D eigenvalue weighted by Crippen LogP contribution is 2.20. The predicted molar refractivity (Wildman–Crippen MR) is 78.9 cm³/mol. The van der Waals surface area contributed by atoms with Crippen LogP contribution in [-0.4, -0.2) is 25.5 Å². The number of hydrogen-bond donors (Lipinski definition) is 1. The minimum Gasteiger partial charge on any atom is -0.388 e. The monoisotopic (exact) mass is 284 g/mol. The quantitative estimate of drug-likeness (QED) is 0.837. The lowest BCUT2D eigenvalue weighted by Gasteiger charge is -2.12. The summed E-state index contributed by atoms with van der Waals surface area (Å²) in [6.07, 6.45) is 2.66. The number of benzene rings is 1. The van der Waals surface area contributed by atoms with Gasteiger partial charge in [0.25, 0.3) is 0 Å². The van der Waals surface area contributed by atoms with E-state index < -0.39 is 15.9 Å². The van der Waals surface area contributed by atoms with E-state index in [1.54, 1.807) is 0 Å². The normalized spacial score (nSPS) is 13.7. The molecule has 1 atom stereocenters. The summed E-state index contributed by atoms with van der Waals surface area (Å²) in [7, 11) is -2.93. The first kappa shape index (κ1) is 16.2. The number of aliphatic hydroxyl groups is 1. The summed E-state index contributed by atoms with van der Waals surface area (Å²) in [5, 5.41) is 10.00. The fraction of sp³-hybridized carbons (Fsp3) is 0.600. The van der Waals surface area contributed by atoms with Crippen molar-refractivity contribution in [3.8, 4) is 0 Å². The van der Waals surface area contributed by atoms with Crippen molar-refractivity contribution in [3.63, 3.8) is 0 Å². The molecule has 0 fully saturated rings. The van der Waals surface area contributed by atoms with Crippen molar-refractivity contribution in [2.75, 3.05) is 12.0 Å². The summed E-state index contributed by atoms with van der Waals surface area (Å²) in [6.45, 7) is 4.35. The Morgan fingerprint density at radius 1 is 1.16 bits per heavy atom. The van der Waals surface area contributed by atoms with E-state index in [2.05, 4.69) is 13.8 Å². The van der Waals surface area contributed by atoms with Crippen molar-refractivity contribution in [2.24, 2.45) is 5.92 Å². The Morgan fingerprint density at radius 3 is 2.21 bits per heavy atom. The van der Waals surface area contributed by atoms with Crippen LogP contribution in [0.1, 0.15) is 43.9 Å². The molecule has 1 rings (SSSR count). The van der Waals surface area contributed by atoms with Crippen molar-refractivity contribution in [3.05, 3.63) is 35.4 Å². The molecule has 1 unspecified atom stereocenters. The van der Waals surface area contributed by atoms with Gasteiger partial charge in [-0.1, -0.05) is 38.1 Å². The molecule has 0 aromatic heterocycles. The van der Waals surface area contributed by atoms with Crippen molar-refractivity contribution >= 4 is 9.84 Å². The Labute approximate surface area is 116 Å². The lowest BCUT2D eigenvalue weighted by molar-refractivity contribution is 0.166. The molecule has 0 amide bonds. The van der Waals surface area contributed by atoms with Gasteiger partial charge >= 0.3 is 0 Å². The van der Waals surface area contributed by atoms with E-state index in [-0.39, 0.29) is 5.75 Å². The predicted octanol–water partition coefficient (Wildman–Crippen LogP) is 2.74. The highest BCUT2D eigenvalue weighted by molar-refractivity contribution is 7.90. The van der Waals surface area contributed by atoms with Gasteiger partial charge in [0.15, 0.2) is 0 Å². The molecule has 0 heterocycles. The van der Waals surface area contributed by atoms with Crippen LogP contribution in [0.4, 0.5) is 0 Å². The summed E-state index contributed by atoms with van der Waals surface area (Å²) < 4.78 is 22.0. The highest BCUT2D eigenvalue weighted by Gasteiger charge is 2.10. The topological polar surface area (TPSA) is 54.4 Å². The summed E-state index contributed by atoms with van der Waals surface area (Å²) in [4.78, 5) is 0. The molecule has 1 aromatic carbocycles. The number of aliphatic hydroxyl groups excluding tert-OH is 1. The lowest BCUT2D eigenvalue weighted by atomic mass is 9.99. The SMILES string of the molecule is CC(C)Cc1ccc(C(O)CCCS(C)(=O)=O)cc1. The van der Waals surface area contributed by atoms with E-state index in [9.17, 15) is 13.5 Å². The third-order valence-electron chi connectivity index (χ3n) is 3.00. The maximum atomic E-state index is 11.0. The molecule has 3 nitrogen and oxygen atoms in total. The molecular weight excluding hydrogens is 260 g/mol. The first-order valence-corrected chi connectivity index (χ1v) is 8.78. The van der Waals surface area contributed by atoms with Gasteiger partial charge in [-0.3, -0.25) is 0 Å². The zero-order valence-corrected chi connectivity index (χ0v) is 12.8. The second-order valence-electron chi connectivity index (χ2n) is 5.63. The molecule has 1 aromatic rings. The maximum absolute atomic E-state index is 11.0. The highest BCUT2D eigenvalue weighted by atomic mass is 32.2. The Hall–Kier alpha value is -0.870. The van der Waals surface area contributed by atoms with Gasteiger partial charge in [-0.15, -0.1) is 0 Å². The van der Waals surface area contributed by atoms with Crippen LogP contribution >= 0.6 is 0 Å². The fourth-order valence-electron chi connectivity index (χ4n) is 2.05. The Morgan fingerprint density at radius 2 is 1.74 bits per heavy atom. The molecule has 0 aliphatic rings. The van der Waals surface area contributed by atoms with Crippen molar-refractivity contribution in [2.45, 2.75) is 39.2 Å². The molecule has 0 saturated carbocycles. The molecule has 0 saturated heterocycles. The second kappa shape index (κ2) is 7.06. The molecule has 108 valence electrons. The van der Waals surface area contributed by atoms with Crippen LogP contribution in [0, 0.1) is 5.92 Å². The van der Waals surface area contributed by atoms with E-state index in [0.717, 1.165) is 12.0 Å². The molecule has 1 N–H and O–H groups in total. The van der Waals surface area contributed by atoms with Crippen LogP contribution in [0.3, 0.4) is 0 Å². The van der Waals surface area contributed by atoms with Crippen molar-refractivity contribution in [1.82, 2.24) is 0 Å². The van der Waals surface area contributed by atoms with Crippen LogP contribution in [0.5, 0.6) is 0 Å². The second-order valence-corrected chi connectivity index (χ2v) is 7.89. The first-order valence-electron chi connectivity index (χ1n) is 6.72. The lowest BCUT2D eigenvalue weighted by Crippen LogP contribution is -2.06.